The molecule has 0 saturated carbocycles. The maximum Gasteiger partial charge on any atom is 0.338 e. The molecule has 4 rings (SSSR count). The van der Waals surface area contributed by atoms with E-state index in [-0.39, 0.29) is 17.7 Å². The van der Waals surface area contributed by atoms with E-state index < -0.39 is 11.9 Å². The average Bonchev–Trinajstić information content (AvgIpc) is 2.78. The number of nitrogens with one attached hydrogen (secondary N) is 1. The van der Waals surface area contributed by atoms with E-state index in [1.165, 1.54) is 12.1 Å². The topological polar surface area (TPSA) is 109 Å². The first-order chi connectivity index (χ1) is 15.0. The van der Waals surface area contributed by atoms with E-state index in [1.807, 2.05) is 6.07 Å². The number of rotatable bonds is 6. The SMILES string of the molecule is O=C(O)c1ccc(Cc2cc3cc(C(=O)OCc4cccnc4)ccc3[nH]c2=O)cc1. The third kappa shape index (κ3) is 4.67. The number of carboxylic acids is 1. The van der Waals surface area contributed by atoms with Gasteiger partial charge in [-0.15, -0.1) is 0 Å². The number of aromatic carboxylic acids is 1. The largest absolute Gasteiger partial charge is 0.478 e. The molecule has 2 aromatic carbocycles. The number of aromatic amines is 1. The van der Waals surface area contributed by atoms with Crippen LogP contribution in [-0.4, -0.2) is 27.0 Å². The first-order valence-corrected chi connectivity index (χ1v) is 9.54. The number of fused-ring (bicyclic) bond motifs is 1. The molecule has 0 bridgehead atoms. The number of H-pyrrole nitrogens is 1. The van der Waals surface area contributed by atoms with Crippen molar-refractivity contribution >= 4 is 22.8 Å². The molecule has 0 saturated heterocycles. The number of esters is 1. The fourth-order valence-corrected chi connectivity index (χ4v) is 3.21. The molecule has 0 unspecified atom stereocenters. The molecule has 0 amide bonds. The Labute approximate surface area is 177 Å². The second-order valence-electron chi connectivity index (χ2n) is 7.04. The molecule has 0 aliphatic heterocycles. The lowest BCUT2D eigenvalue weighted by atomic mass is 10.0. The van der Waals surface area contributed by atoms with E-state index in [0.29, 0.717) is 28.5 Å². The summed E-state index contributed by atoms with van der Waals surface area (Å²) in [7, 11) is 0. The Balaban J connectivity index is 1.55. The summed E-state index contributed by atoms with van der Waals surface area (Å²) in [6.07, 6.45) is 3.61. The number of benzene rings is 2. The Morgan fingerprint density at radius 2 is 1.74 bits per heavy atom. The van der Waals surface area contributed by atoms with Crippen LogP contribution in [0.15, 0.2) is 77.9 Å². The molecule has 2 aromatic heterocycles. The van der Waals surface area contributed by atoms with E-state index in [4.69, 9.17) is 9.84 Å². The van der Waals surface area contributed by atoms with Gasteiger partial charge in [-0.3, -0.25) is 9.78 Å². The van der Waals surface area contributed by atoms with Gasteiger partial charge in [-0.05, 0) is 53.4 Å². The van der Waals surface area contributed by atoms with Crippen LogP contribution in [0.4, 0.5) is 0 Å². The molecule has 0 radical (unpaired) electrons. The molecule has 7 nitrogen and oxygen atoms in total. The van der Waals surface area contributed by atoms with Gasteiger partial charge >= 0.3 is 11.9 Å². The van der Waals surface area contributed by atoms with Crippen LogP contribution in [0, 0.1) is 0 Å². The highest BCUT2D eigenvalue weighted by molar-refractivity contribution is 5.94. The van der Waals surface area contributed by atoms with Crippen molar-refractivity contribution in [2.75, 3.05) is 0 Å². The zero-order valence-corrected chi connectivity index (χ0v) is 16.4. The van der Waals surface area contributed by atoms with Crippen molar-refractivity contribution in [3.8, 4) is 0 Å². The summed E-state index contributed by atoms with van der Waals surface area (Å²) in [5.41, 5.74) is 3.04. The molecule has 7 heteroatoms. The van der Waals surface area contributed by atoms with Crippen LogP contribution in [0.1, 0.15) is 37.4 Å². The fourth-order valence-electron chi connectivity index (χ4n) is 3.21. The molecule has 4 aromatic rings. The van der Waals surface area contributed by atoms with Crippen molar-refractivity contribution in [1.82, 2.24) is 9.97 Å². The quantitative estimate of drug-likeness (QED) is 0.467. The number of nitrogens with zero attached hydrogens (tertiary/aromatic N) is 1. The maximum absolute atomic E-state index is 12.4. The molecule has 2 N–H and O–H groups in total. The molecule has 2 heterocycles. The van der Waals surface area contributed by atoms with E-state index in [1.54, 1.807) is 54.9 Å². The molecule has 31 heavy (non-hydrogen) atoms. The summed E-state index contributed by atoms with van der Waals surface area (Å²) in [6.45, 7) is 0.119. The number of hydrogen-bond donors (Lipinski definition) is 2. The lowest BCUT2D eigenvalue weighted by molar-refractivity contribution is 0.0472. The van der Waals surface area contributed by atoms with Crippen LogP contribution >= 0.6 is 0 Å². The Bertz CT molecular complexity index is 1310. The van der Waals surface area contributed by atoms with Gasteiger partial charge in [-0.2, -0.15) is 0 Å². The van der Waals surface area contributed by atoms with Gasteiger partial charge in [-0.1, -0.05) is 18.2 Å². The standard InChI is InChI=1S/C24H18N2O5/c27-22-20(10-15-3-5-17(6-4-15)23(28)29)12-19-11-18(7-8-21(19)26-22)24(30)31-14-16-2-1-9-25-13-16/h1-9,11-13H,10,14H2,(H,26,27)(H,28,29). The summed E-state index contributed by atoms with van der Waals surface area (Å²) in [6, 6.07) is 16.6. The van der Waals surface area contributed by atoms with Crippen molar-refractivity contribution < 1.29 is 19.4 Å². The smallest absolute Gasteiger partial charge is 0.338 e. The first kappa shape index (κ1) is 20.0. The minimum absolute atomic E-state index is 0.119. The van der Waals surface area contributed by atoms with Gasteiger partial charge in [0.15, 0.2) is 0 Å². The van der Waals surface area contributed by atoms with Gasteiger partial charge < -0.3 is 14.8 Å². The molecule has 0 aliphatic carbocycles. The summed E-state index contributed by atoms with van der Waals surface area (Å²) < 4.78 is 5.34. The van der Waals surface area contributed by atoms with Gasteiger partial charge in [0.05, 0.1) is 11.1 Å². The van der Waals surface area contributed by atoms with E-state index in [2.05, 4.69) is 9.97 Å². The van der Waals surface area contributed by atoms with Gasteiger partial charge in [0.1, 0.15) is 6.61 Å². The lowest BCUT2D eigenvalue weighted by Gasteiger charge is -2.07. The predicted octanol–water partition coefficient (Wildman–Crippen LogP) is 3.57. The first-order valence-electron chi connectivity index (χ1n) is 9.54. The molecule has 0 spiro atoms. The van der Waals surface area contributed by atoms with Crippen molar-refractivity contribution in [1.29, 1.82) is 0 Å². The zero-order chi connectivity index (χ0) is 21.8. The predicted molar refractivity (Wildman–Crippen MR) is 114 cm³/mol. The Morgan fingerprint density at radius 1 is 0.968 bits per heavy atom. The number of carbonyl (C=O) groups excluding carboxylic acids is 1. The van der Waals surface area contributed by atoms with Crippen molar-refractivity contribution in [2.45, 2.75) is 13.0 Å². The Kier molecular flexibility index (Phi) is 5.57. The van der Waals surface area contributed by atoms with Crippen LogP contribution in [0.3, 0.4) is 0 Å². The summed E-state index contributed by atoms with van der Waals surface area (Å²) in [4.78, 5) is 42.7. The van der Waals surface area contributed by atoms with Gasteiger partial charge in [0, 0.05) is 35.5 Å². The van der Waals surface area contributed by atoms with Crippen molar-refractivity contribution in [2.24, 2.45) is 0 Å². The maximum atomic E-state index is 12.4. The number of carboxylic acid groups (broad SMARTS) is 1. The summed E-state index contributed by atoms with van der Waals surface area (Å²) in [5, 5.41) is 9.71. The fraction of sp³-hybridized carbons (Fsp3) is 0.0833. The van der Waals surface area contributed by atoms with Crippen molar-refractivity contribution in [3.63, 3.8) is 0 Å². The Morgan fingerprint density at radius 3 is 2.45 bits per heavy atom. The van der Waals surface area contributed by atoms with Gasteiger partial charge in [-0.25, -0.2) is 9.59 Å². The second-order valence-corrected chi connectivity index (χ2v) is 7.04. The number of ether oxygens (including phenoxy) is 1. The van der Waals surface area contributed by atoms with Gasteiger partial charge in [0.25, 0.3) is 5.56 Å². The minimum atomic E-state index is -1.00. The molecule has 0 atom stereocenters. The van der Waals surface area contributed by atoms with Crippen LogP contribution in [-0.2, 0) is 17.8 Å². The average molecular weight is 414 g/mol. The number of hydrogen-bond acceptors (Lipinski definition) is 5. The number of carbonyl (C=O) groups is 2. The molecular weight excluding hydrogens is 396 g/mol. The number of aromatic nitrogens is 2. The summed E-state index contributed by atoms with van der Waals surface area (Å²) in [5.74, 6) is -1.47. The van der Waals surface area contributed by atoms with E-state index in [0.717, 1.165) is 11.1 Å². The molecule has 154 valence electrons. The molecule has 0 aliphatic rings. The lowest BCUT2D eigenvalue weighted by Crippen LogP contribution is -2.13. The molecule has 0 fully saturated rings. The van der Waals surface area contributed by atoms with E-state index >= 15 is 0 Å². The van der Waals surface area contributed by atoms with Crippen LogP contribution < -0.4 is 5.56 Å². The highest BCUT2D eigenvalue weighted by Gasteiger charge is 2.11. The minimum Gasteiger partial charge on any atom is -0.478 e. The van der Waals surface area contributed by atoms with E-state index in [9.17, 15) is 14.4 Å². The monoisotopic (exact) mass is 414 g/mol. The second kappa shape index (κ2) is 8.62. The normalized spacial score (nSPS) is 10.7. The molecular formula is C24H18N2O5. The Hall–Kier alpha value is -4.26. The van der Waals surface area contributed by atoms with Gasteiger partial charge in [0.2, 0.25) is 0 Å². The third-order valence-corrected chi connectivity index (χ3v) is 4.85. The van der Waals surface area contributed by atoms with Crippen LogP contribution in [0.2, 0.25) is 0 Å². The third-order valence-electron chi connectivity index (χ3n) is 4.85. The highest BCUT2D eigenvalue weighted by Crippen LogP contribution is 2.17. The highest BCUT2D eigenvalue weighted by atomic mass is 16.5. The zero-order valence-electron chi connectivity index (χ0n) is 16.4. The van der Waals surface area contributed by atoms with Crippen LogP contribution in [0.5, 0.6) is 0 Å². The van der Waals surface area contributed by atoms with Crippen LogP contribution in [0.25, 0.3) is 10.9 Å². The van der Waals surface area contributed by atoms with Crippen molar-refractivity contribution in [3.05, 3.63) is 111 Å². The number of pyridine rings is 2. The summed E-state index contributed by atoms with van der Waals surface area (Å²) >= 11 is 0.